The number of benzene rings is 1. The molecule has 3 N–H and O–H groups in total. The highest BCUT2D eigenvalue weighted by Crippen LogP contribution is 2.11. The number of nitrogens with zero attached hydrogens (tertiary/aromatic N) is 2. The lowest BCUT2D eigenvalue weighted by molar-refractivity contribution is 0.155. The lowest BCUT2D eigenvalue weighted by Crippen LogP contribution is -2.45. The highest BCUT2D eigenvalue weighted by Gasteiger charge is 2.13. The predicted molar refractivity (Wildman–Crippen MR) is 92.8 cm³/mol. The molecule has 128 valence electrons. The Morgan fingerprint density at radius 1 is 1.17 bits per heavy atom. The summed E-state index contributed by atoms with van der Waals surface area (Å²) in [5, 5.41) is 14.2. The number of piperazine rings is 1. The van der Waals surface area contributed by atoms with Crippen molar-refractivity contribution in [3.63, 3.8) is 0 Å². The quantitative estimate of drug-likeness (QED) is 0.655. The Balaban J connectivity index is 1.70. The maximum absolute atomic E-state index is 11.6. The number of hydrogen-bond acceptors (Lipinski definition) is 4. The fourth-order valence-electron chi connectivity index (χ4n) is 2.57. The summed E-state index contributed by atoms with van der Waals surface area (Å²) < 4.78 is 0. The van der Waals surface area contributed by atoms with Crippen LogP contribution in [-0.4, -0.2) is 73.9 Å². The molecule has 6 nitrogen and oxygen atoms in total. The van der Waals surface area contributed by atoms with Gasteiger partial charge in [0.05, 0.1) is 0 Å². The molecule has 1 aliphatic rings. The molecule has 1 aliphatic heterocycles. The number of amides is 2. The van der Waals surface area contributed by atoms with Crippen LogP contribution in [0.4, 0.5) is 10.5 Å². The van der Waals surface area contributed by atoms with Gasteiger partial charge in [-0.15, -0.1) is 0 Å². The first-order valence-electron chi connectivity index (χ1n) is 8.33. The second-order valence-electron chi connectivity index (χ2n) is 6.05. The van der Waals surface area contributed by atoms with Crippen LogP contribution in [0, 0.1) is 0 Å². The number of aliphatic hydroxyl groups is 1. The molecule has 0 unspecified atom stereocenters. The van der Waals surface area contributed by atoms with Gasteiger partial charge in [-0.1, -0.05) is 12.1 Å². The number of urea groups is 1. The van der Waals surface area contributed by atoms with Crippen LogP contribution >= 0.6 is 0 Å². The van der Waals surface area contributed by atoms with Crippen molar-refractivity contribution in [3.8, 4) is 0 Å². The number of nitrogens with one attached hydrogen (secondary N) is 2. The van der Waals surface area contributed by atoms with Crippen molar-refractivity contribution >= 4 is 11.7 Å². The van der Waals surface area contributed by atoms with Crippen molar-refractivity contribution in [1.82, 2.24) is 15.1 Å². The zero-order valence-corrected chi connectivity index (χ0v) is 13.9. The standard InChI is InChI=1S/C17H28N4O2/c1-20-10-12-21(13-11-20)9-7-15-3-5-16(6-4-15)19-17(23)18-8-2-14-22/h3-6,22H,2,7-14H2,1H3,(H2,18,19,23). The molecule has 0 radical (unpaired) electrons. The Morgan fingerprint density at radius 3 is 2.52 bits per heavy atom. The SMILES string of the molecule is CN1CCN(CCc2ccc(NC(=O)NCCCO)cc2)CC1. The highest BCUT2D eigenvalue weighted by atomic mass is 16.3. The molecule has 0 aromatic heterocycles. The summed E-state index contributed by atoms with van der Waals surface area (Å²) in [5.41, 5.74) is 2.07. The van der Waals surface area contributed by atoms with Crippen molar-refractivity contribution in [1.29, 1.82) is 0 Å². The Labute approximate surface area is 138 Å². The van der Waals surface area contributed by atoms with E-state index < -0.39 is 0 Å². The first-order valence-corrected chi connectivity index (χ1v) is 8.33. The zero-order valence-electron chi connectivity index (χ0n) is 13.9. The minimum atomic E-state index is -0.233. The van der Waals surface area contributed by atoms with Gasteiger partial charge in [0, 0.05) is 51.6 Å². The molecular formula is C17H28N4O2. The van der Waals surface area contributed by atoms with Crippen LogP contribution in [0.2, 0.25) is 0 Å². The van der Waals surface area contributed by atoms with Crippen LogP contribution in [0.3, 0.4) is 0 Å². The molecular weight excluding hydrogens is 292 g/mol. The molecule has 2 rings (SSSR count). The molecule has 0 atom stereocenters. The number of carbonyl (C=O) groups is 1. The lowest BCUT2D eigenvalue weighted by atomic mass is 10.1. The molecule has 0 spiro atoms. The third-order valence-corrected chi connectivity index (χ3v) is 4.14. The van der Waals surface area contributed by atoms with Gasteiger partial charge in [0.1, 0.15) is 0 Å². The highest BCUT2D eigenvalue weighted by molar-refractivity contribution is 5.89. The third-order valence-electron chi connectivity index (χ3n) is 4.14. The molecule has 1 aromatic carbocycles. The summed E-state index contributed by atoms with van der Waals surface area (Å²) in [6, 6.07) is 7.78. The van der Waals surface area contributed by atoms with Crippen molar-refractivity contribution in [2.45, 2.75) is 12.8 Å². The van der Waals surface area contributed by atoms with E-state index in [4.69, 9.17) is 5.11 Å². The predicted octanol–water partition coefficient (Wildman–Crippen LogP) is 0.980. The second-order valence-corrected chi connectivity index (χ2v) is 6.05. The molecule has 0 bridgehead atoms. The van der Waals surface area contributed by atoms with Gasteiger partial charge in [-0.25, -0.2) is 4.79 Å². The van der Waals surface area contributed by atoms with E-state index >= 15 is 0 Å². The van der Waals surface area contributed by atoms with Crippen molar-refractivity contribution < 1.29 is 9.90 Å². The molecule has 2 amide bonds. The molecule has 23 heavy (non-hydrogen) atoms. The fourth-order valence-corrected chi connectivity index (χ4v) is 2.57. The Morgan fingerprint density at radius 2 is 1.87 bits per heavy atom. The Kier molecular flexibility index (Phi) is 7.32. The van der Waals surface area contributed by atoms with Crippen molar-refractivity contribution in [2.24, 2.45) is 0 Å². The van der Waals surface area contributed by atoms with Crippen LogP contribution in [0.5, 0.6) is 0 Å². The number of carbonyl (C=O) groups excluding carboxylic acids is 1. The van der Waals surface area contributed by atoms with Gasteiger partial charge in [-0.3, -0.25) is 0 Å². The minimum absolute atomic E-state index is 0.0856. The van der Waals surface area contributed by atoms with E-state index in [0.717, 1.165) is 44.8 Å². The Hall–Kier alpha value is -1.63. The average molecular weight is 320 g/mol. The summed E-state index contributed by atoms with van der Waals surface area (Å²) in [4.78, 5) is 16.5. The number of anilines is 1. The van der Waals surface area contributed by atoms with E-state index in [0.29, 0.717) is 13.0 Å². The molecule has 1 saturated heterocycles. The maximum atomic E-state index is 11.6. The van der Waals surface area contributed by atoms with Gasteiger partial charge in [0.15, 0.2) is 0 Å². The fraction of sp³-hybridized carbons (Fsp3) is 0.588. The molecule has 1 heterocycles. The van der Waals surface area contributed by atoms with E-state index in [9.17, 15) is 4.79 Å². The van der Waals surface area contributed by atoms with Gasteiger partial charge in [0.2, 0.25) is 0 Å². The minimum Gasteiger partial charge on any atom is -0.396 e. The van der Waals surface area contributed by atoms with E-state index in [1.165, 1.54) is 5.56 Å². The topological polar surface area (TPSA) is 67.8 Å². The van der Waals surface area contributed by atoms with Gasteiger partial charge in [0.25, 0.3) is 0 Å². The summed E-state index contributed by atoms with van der Waals surface area (Å²) in [7, 11) is 2.17. The third kappa shape index (κ3) is 6.56. The summed E-state index contributed by atoms with van der Waals surface area (Å²) in [5.74, 6) is 0. The van der Waals surface area contributed by atoms with Gasteiger partial charge >= 0.3 is 6.03 Å². The van der Waals surface area contributed by atoms with Crippen LogP contribution in [0.15, 0.2) is 24.3 Å². The molecule has 6 heteroatoms. The van der Waals surface area contributed by atoms with Gasteiger partial charge in [-0.05, 0) is 37.6 Å². The van der Waals surface area contributed by atoms with Gasteiger partial charge < -0.3 is 25.5 Å². The molecule has 1 fully saturated rings. The number of aliphatic hydroxyl groups excluding tert-OH is 1. The van der Waals surface area contributed by atoms with E-state index in [-0.39, 0.29) is 12.6 Å². The largest absolute Gasteiger partial charge is 0.396 e. The monoisotopic (exact) mass is 320 g/mol. The van der Waals surface area contributed by atoms with Crippen LogP contribution in [-0.2, 0) is 6.42 Å². The maximum Gasteiger partial charge on any atom is 0.319 e. The van der Waals surface area contributed by atoms with E-state index in [1.54, 1.807) is 0 Å². The Bertz CT molecular complexity index is 470. The lowest BCUT2D eigenvalue weighted by Gasteiger charge is -2.32. The molecule has 0 saturated carbocycles. The molecule has 1 aromatic rings. The van der Waals surface area contributed by atoms with Crippen molar-refractivity contribution in [2.75, 3.05) is 58.2 Å². The number of likely N-dealkylation sites (N-methyl/N-ethyl adjacent to an activating group) is 1. The van der Waals surface area contributed by atoms with Crippen molar-refractivity contribution in [3.05, 3.63) is 29.8 Å². The van der Waals surface area contributed by atoms with E-state index in [1.807, 2.05) is 12.1 Å². The van der Waals surface area contributed by atoms with Crippen LogP contribution in [0.1, 0.15) is 12.0 Å². The van der Waals surface area contributed by atoms with Gasteiger partial charge in [-0.2, -0.15) is 0 Å². The number of hydrogen-bond donors (Lipinski definition) is 3. The number of rotatable bonds is 7. The van der Waals surface area contributed by atoms with Crippen LogP contribution < -0.4 is 10.6 Å². The summed E-state index contributed by atoms with van der Waals surface area (Å²) >= 11 is 0. The second kappa shape index (κ2) is 9.50. The average Bonchev–Trinajstić information content (AvgIpc) is 2.56. The van der Waals surface area contributed by atoms with Crippen LogP contribution in [0.25, 0.3) is 0 Å². The normalized spacial score (nSPS) is 16.3. The first-order chi connectivity index (χ1) is 11.2. The van der Waals surface area contributed by atoms with E-state index in [2.05, 4.69) is 39.6 Å². The summed E-state index contributed by atoms with van der Waals surface area (Å²) in [6.45, 7) is 6.23. The smallest absolute Gasteiger partial charge is 0.319 e. The summed E-state index contributed by atoms with van der Waals surface area (Å²) in [6.07, 6.45) is 1.60. The molecule has 0 aliphatic carbocycles. The first kappa shape index (κ1) is 17.7. The zero-order chi connectivity index (χ0) is 16.5.